The molecule has 138 valence electrons. The highest BCUT2D eigenvalue weighted by Gasteiger charge is 2.08. The third-order valence-corrected chi connectivity index (χ3v) is 3.91. The molecule has 0 fully saturated rings. The Bertz CT molecular complexity index is 774. The summed E-state index contributed by atoms with van der Waals surface area (Å²) in [4.78, 5) is 14.0. The first-order chi connectivity index (χ1) is 12.5. The highest BCUT2D eigenvalue weighted by atomic mass is 35.5. The van der Waals surface area contributed by atoms with E-state index in [1.54, 1.807) is 24.1 Å². The van der Waals surface area contributed by atoms with Crippen LogP contribution in [0.1, 0.15) is 25.0 Å². The van der Waals surface area contributed by atoms with Gasteiger partial charge in [0, 0.05) is 24.7 Å². The molecule has 4 nitrogen and oxygen atoms in total. The van der Waals surface area contributed by atoms with Crippen molar-refractivity contribution in [3.63, 3.8) is 0 Å². The summed E-state index contributed by atoms with van der Waals surface area (Å²) in [5.41, 5.74) is 1.86. The first kappa shape index (κ1) is 19.9. The number of likely N-dealkylation sites (N-methyl/N-ethyl adjacent to an activating group) is 1. The number of ether oxygens (including phenoxy) is 2. The van der Waals surface area contributed by atoms with Gasteiger partial charge in [0.2, 0.25) is 5.91 Å². The Labute approximate surface area is 160 Å². The van der Waals surface area contributed by atoms with E-state index in [-0.39, 0.29) is 5.91 Å². The van der Waals surface area contributed by atoms with Gasteiger partial charge in [0.25, 0.3) is 0 Å². The van der Waals surface area contributed by atoms with Crippen LogP contribution in [0.15, 0.2) is 48.5 Å². The molecule has 1 amide bonds. The lowest BCUT2D eigenvalue weighted by atomic mass is 10.1. The van der Waals surface area contributed by atoms with E-state index >= 15 is 0 Å². The van der Waals surface area contributed by atoms with Crippen molar-refractivity contribution in [3.05, 3.63) is 64.7 Å². The van der Waals surface area contributed by atoms with Gasteiger partial charge in [-0.15, -0.1) is 0 Å². The minimum atomic E-state index is -0.0863. The average Bonchev–Trinajstić information content (AvgIpc) is 2.62. The molecule has 0 aliphatic heterocycles. The van der Waals surface area contributed by atoms with Crippen molar-refractivity contribution >= 4 is 23.6 Å². The molecule has 0 atom stereocenters. The highest BCUT2D eigenvalue weighted by Crippen LogP contribution is 2.29. The van der Waals surface area contributed by atoms with Crippen LogP contribution in [0, 0.1) is 0 Å². The normalized spacial score (nSPS) is 10.8. The Morgan fingerprint density at radius 2 is 1.81 bits per heavy atom. The van der Waals surface area contributed by atoms with E-state index in [9.17, 15) is 4.79 Å². The second-order valence-electron chi connectivity index (χ2n) is 5.73. The van der Waals surface area contributed by atoms with Gasteiger partial charge in [-0.05, 0) is 55.3 Å². The molecule has 0 aliphatic rings. The molecule has 5 heteroatoms. The molecule has 2 rings (SSSR count). The molecule has 0 N–H and O–H groups in total. The van der Waals surface area contributed by atoms with Crippen molar-refractivity contribution in [3.8, 4) is 11.5 Å². The highest BCUT2D eigenvalue weighted by molar-refractivity contribution is 6.30. The van der Waals surface area contributed by atoms with Gasteiger partial charge in [0.15, 0.2) is 11.5 Å². The van der Waals surface area contributed by atoms with Crippen LogP contribution in [0.3, 0.4) is 0 Å². The lowest BCUT2D eigenvalue weighted by molar-refractivity contribution is -0.125. The molecule has 0 unspecified atom stereocenters. The summed E-state index contributed by atoms with van der Waals surface area (Å²) in [7, 11) is 1.76. The van der Waals surface area contributed by atoms with Crippen molar-refractivity contribution in [2.45, 2.75) is 20.4 Å². The fraction of sp³-hybridized carbons (Fsp3) is 0.286. The number of hydrogen-bond donors (Lipinski definition) is 0. The van der Waals surface area contributed by atoms with E-state index < -0.39 is 0 Å². The molecule has 0 aliphatic carbocycles. The summed E-state index contributed by atoms with van der Waals surface area (Å²) < 4.78 is 11.2. The maximum Gasteiger partial charge on any atom is 0.246 e. The van der Waals surface area contributed by atoms with Crippen LogP contribution in [-0.4, -0.2) is 31.1 Å². The number of carbonyl (C=O) groups excluding carboxylic acids is 1. The van der Waals surface area contributed by atoms with Gasteiger partial charge in [-0.1, -0.05) is 29.8 Å². The van der Waals surface area contributed by atoms with Crippen LogP contribution in [0.2, 0.25) is 5.02 Å². The van der Waals surface area contributed by atoms with Crippen molar-refractivity contribution < 1.29 is 14.3 Å². The van der Waals surface area contributed by atoms with Gasteiger partial charge in [-0.25, -0.2) is 0 Å². The molecule has 0 radical (unpaired) electrons. The lowest BCUT2D eigenvalue weighted by Gasteiger charge is -2.15. The molecule has 0 aromatic heterocycles. The zero-order chi connectivity index (χ0) is 18.9. The number of benzene rings is 2. The Balaban J connectivity index is 2.05. The number of halogens is 1. The third kappa shape index (κ3) is 5.81. The van der Waals surface area contributed by atoms with Crippen molar-refractivity contribution in [2.75, 3.05) is 20.3 Å². The van der Waals surface area contributed by atoms with E-state index in [1.165, 1.54) is 0 Å². The smallest absolute Gasteiger partial charge is 0.246 e. The number of rotatable bonds is 8. The van der Waals surface area contributed by atoms with Gasteiger partial charge >= 0.3 is 0 Å². The van der Waals surface area contributed by atoms with Gasteiger partial charge < -0.3 is 14.4 Å². The maximum absolute atomic E-state index is 12.3. The first-order valence-corrected chi connectivity index (χ1v) is 8.98. The molecule has 2 aromatic carbocycles. The Hall–Kier alpha value is -2.46. The van der Waals surface area contributed by atoms with Crippen LogP contribution in [-0.2, 0) is 11.3 Å². The van der Waals surface area contributed by atoms with Crippen molar-refractivity contribution in [1.82, 2.24) is 4.90 Å². The predicted octanol–water partition coefficient (Wildman–Crippen LogP) is 4.81. The quantitative estimate of drug-likeness (QED) is 0.623. The zero-order valence-electron chi connectivity index (χ0n) is 15.4. The molecule has 0 saturated heterocycles. The monoisotopic (exact) mass is 373 g/mol. The Kier molecular flexibility index (Phi) is 7.54. The molecular weight excluding hydrogens is 350 g/mol. The average molecular weight is 374 g/mol. The largest absolute Gasteiger partial charge is 0.490 e. The van der Waals surface area contributed by atoms with E-state index in [0.29, 0.717) is 36.3 Å². The van der Waals surface area contributed by atoms with Crippen LogP contribution in [0.5, 0.6) is 11.5 Å². The predicted molar refractivity (Wildman–Crippen MR) is 106 cm³/mol. The number of nitrogens with zero attached hydrogens (tertiary/aromatic N) is 1. The van der Waals surface area contributed by atoms with Crippen LogP contribution in [0.25, 0.3) is 6.08 Å². The van der Waals surface area contributed by atoms with Crippen molar-refractivity contribution in [2.24, 2.45) is 0 Å². The van der Waals surface area contributed by atoms with Crippen LogP contribution >= 0.6 is 11.6 Å². The first-order valence-electron chi connectivity index (χ1n) is 8.60. The molecule has 26 heavy (non-hydrogen) atoms. The van der Waals surface area contributed by atoms with Crippen LogP contribution in [0.4, 0.5) is 0 Å². The molecule has 0 heterocycles. The minimum absolute atomic E-state index is 0.0863. The topological polar surface area (TPSA) is 38.8 Å². The Morgan fingerprint density at radius 1 is 1.08 bits per heavy atom. The van der Waals surface area contributed by atoms with Gasteiger partial charge in [0.1, 0.15) is 0 Å². The number of hydrogen-bond acceptors (Lipinski definition) is 3. The SMILES string of the molecule is CCOc1ccc(/C=C/C(=O)N(C)Cc2cccc(Cl)c2)cc1OCC. The maximum atomic E-state index is 12.3. The second kappa shape index (κ2) is 9.88. The van der Waals surface area contributed by atoms with E-state index in [1.807, 2.05) is 56.3 Å². The summed E-state index contributed by atoms with van der Waals surface area (Å²) in [6.45, 7) is 5.47. The van der Waals surface area contributed by atoms with Gasteiger partial charge in [-0.3, -0.25) is 4.79 Å². The fourth-order valence-corrected chi connectivity index (χ4v) is 2.67. The van der Waals surface area contributed by atoms with E-state index in [0.717, 1.165) is 11.1 Å². The molecule has 0 bridgehead atoms. The minimum Gasteiger partial charge on any atom is -0.490 e. The molecule has 2 aromatic rings. The summed E-state index contributed by atoms with van der Waals surface area (Å²) >= 11 is 5.99. The lowest BCUT2D eigenvalue weighted by Crippen LogP contribution is -2.24. The van der Waals surface area contributed by atoms with Crippen molar-refractivity contribution in [1.29, 1.82) is 0 Å². The molecular formula is C21H24ClNO3. The number of carbonyl (C=O) groups is 1. The number of amides is 1. The van der Waals surface area contributed by atoms with E-state index in [4.69, 9.17) is 21.1 Å². The Morgan fingerprint density at radius 3 is 2.50 bits per heavy atom. The summed E-state index contributed by atoms with van der Waals surface area (Å²) in [5, 5.41) is 0.664. The fourth-order valence-electron chi connectivity index (χ4n) is 2.45. The summed E-state index contributed by atoms with van der Waals surface area (Å²) in [6, 6.07) is 13.1. The molecule has 0 saturated carbocycles. The standard InChI is InChI=1S/C21H24ClNO3/c1-4-25-19-11-9-16(14-20(19)26-5-2)10-12-21(24)23(3)15-17-7-6-8-18(22)13-17/h6-14H,4-5,15H2,1-3H3/b12-10+. The van der Waals surface area contributed by atoms with Gasteiger partial charge in [-0.2, -0.15) is 0 Å². The van der Waals surface area contributed by atoms with Gasteiger partial charge in [0.05, 0.1) is 13.2 Å². The zero-order valence-corrected chi connectivity index (χ0v) is 16.1. The second-order valence-corrected chi connectivity index (χ2v) is 6.17. The van der Waals surface area contributed by atoms with Crippen LogP contribution < -0.4 is 9.47 Å². The van der Waals surface area contributed by atoms with E-state index in [2.05, 4.69) is 0 Å². The summed E-state index contributed by atoms with van der Waals surface area (Å²) in [6.07, 6.45) is 3.32. The third-order valence-electron chi connectivity index (χ3n) is 3.67. The molecule has 0 spiro atoms. The summed E-state index contributed by atoms with van der Waals surface area (Å²) in [5.74, 6) is 1.30.